The van der Waals surface area contributed by atoms with Crippen LogP contribution in [0.2, 0.25) is 10.0 Å². The largest absolute Gasteiger partial charge is 0.480 e. The van der Waals surface area contributed by atoms with E-state index in [2.05, 4.69) is 10.5 Å². The fourth-order valence-corrected chi connectivity index (χ4v) is 6.13. The number of amides is 1. The molecule has 0 spiro atoms. The molecule has 0 bridgehead atoms. The smallest absolute Gasteiger partial charge is 0.327 e. The monoisotopic (exact) mass is 455 g/mol. The molecule has 154 valence electrons. The molecule has 1 unspecified atom stereocenters. The van der Waals surface area contributed by atoms with E-state index in [1.54, 1.807) is 32.0 Å². The third kappa shape index (κ3) is 2.92. The van der Waals surface area contributed by atoms with Gasteiger partial charge in [-0.3, -0.25) is 4.79 Å². The predicted molar refractivity (Wildman–Crippen MR) is 112 cm³/mol. The first kappa shape index (κ1) is 20.4. The highest BCUT2D eigenvalue weighted by Crippen LogP contribution is 2.56. The standard InChI is InChI=1S/C19H19Cl2N3O4S/c1-8-12(13(23-28-8)10-6-5-9(20)7-11(10)21)22-19(4)16(27)24-14(15(25)26)18(2,3)29-17(19)24/h5-7,14,17,22H,1-4H3,(H,25,26)/t14-,17+,19?/m0/s1. The van der Waals surface area contributed by atoms with Gasteiger partial charge in [0.25, 0.3) is 5.91 Å². The SMILES string of the molecule is Cc1onc(-c2ccc(Cl)cc2Cl)c1NC1(C)C(=O)N2[C@@H](C(=O)O)C(C)(C)S[C@@H]21. The molecule has 29 heavy (non-hydrogen) atoms. The van der Waals surface area contributed by atoms with Gasteiger partial charge in [0.15, 0.2) is 5.76 Å². The molecule has 0 saturated carbocycles. The summed E-state index contributed by atoms with van der Waals surface area (Å²) in [5, 5.41) is 17.6. The average molecular weight is 456 g/mol. The summed E-state index contributed by atoms with van der Waals surface area (Å²) in [6, 6.07) is 4.16. The second-order valence-corrected chi connectivity index (χ2v) is 10.5. The zero-order chi connectivity index (χ0) is 21.3. The van der Waals surface area contributed by atoms with Crippen molar-refractivity contribution < 1.29 is 19.2 Å². The molecule has 3 atom stereocenters. The van der Waals surface area contributed by atoms with Crippen LogP contribution in [-0.2, 0) is 9.59 Å². The van der Waals surface area contributed by atoms with E-state index in [9.17, 15) is 14.7 Å². The molecule has 0 radical (unpaired) electrons. The van der Waals surface area contributed by atoms with Gasteiger partial charge in [-0.15, -0.1) is 11.8 Å². The number of carboxylic acid groups (broad SMARTS) is 1. The first-order valence-electron chi connectivity index (χ1n) is 8.90. The maximum absolute atomic E-state index is 13.1. The molecule has 3 heterocycles. The molecule has 1 aromatic heterocycles. The second-order valence-electron chi connectivity index (χ2n) is 7.94. The van der Waals surface area contributed by atoms with Gasteiger partial charge in [0.05, 0.1) is 5.02 Å². The minimum Gasteiger partial charge on any atom is -0.480 e. The van der Waals surface area contributed by atoms with E-state index < -0.39 is 22.3 Å². The lowest BCUT2D eigenvalue weighted by molar-refractivity contribution is -0.163. The molecule has 2 fully saturated rings. The van der Waals surface area contributed by atoms with Gasteiger partial charge in [0.2, 0.25) is 0 Å². The molecule has 2 aromatic rings. The van der Waals surface area contributed by atoms with E-state index in [4.69, 9.17) is 27.7 Å². The topological polar surface area (TPSA) is 95.7 Å². The number of carbonyl (C=O) groups excluding carboxylic acids is 1. The van der Waals surface area contributed by atoms with Crippen molar-refractivity contribution in [3.05, 3.63) is 34.0 Å². The van der Waals surface area contributed by atoms with Gasteiger partial charge in [-0.25, -0.2) is 4.79 Å². The van der Waals surface area contributed by atoms with Crippen LogP contribution in [-0.4, -0.2) is 48.7 Å². The van der Waals surface area contributed by atoms with Crippen LogP contribution >= 0.6 is 35.0 Å². The van der Waals surface area contributed by atoms with Crippen LogP contribution in [0.15, 0.2) is 22.7 Å². The number of carboxylic acids is 1. The Bertz CT molecular complexity index is 1040. The number of nitrogens with one attached hydrogen (secondary N) is 1. The van der Waals surface area contributed by atoms with Crippen molar-refractivity contribution in [3.63, 3.8) is 0 Å². The zero-order valence-electron chi connectivity index (χ0n) is 16.1. The normalized spacial score (nSPS) is 27.5. The molecule has 4 rings (SSSR count). The first-order chi connectivity index (χ1) is 13.5. The third-order valence-electron chi connectivity index (χ3n) is 5.44. The lowest BCUT2D eigenvalue weighted by atomic mass is 9.85. The number of anilines is 1. The predicted octanol–water partition coefficient (Wildman–Crippen LogP) is 4.27. The third-order valence-corrected chi connectivity index (χ3v) is 7.75. The number of nitrogens with zero attached hydrogens (tertiary/aromatic N) is 2. The quantitative estimate of drug-likeness (QED) is 0.664. The number of carbonyl (C=O) groups is 2. The second kappa shape index (κ2) is 6.55. The van der Waals surface area contributed by atoms with Crippen LogP contribution in [0.3, 0.4) is 0 Å². The molecule has 2 N–H and O–H groups in total. The molecule has 1 aromatic carbocycles. The molecule has 1 amide bonds. The van der Waals surface area contributed by atoms with Crippen LogP contribution in [0.1, 0.15) is 26.5 Å². The maximum Gasteiger partial charge on any atom is 0.327 e. The van der Waals surface area contributed by atoms with E-state index in [0.29, 0.717) is 32.8 Å². The van der Waals surface area contributed by atoms with Crippen molar-refractivity contribution in [2.24, 2.45) is 0 Å². The van der Waals surface area contributed by atoms with Crippen molar-refractivity contribution in [3.8, 4) is 11.3 Å². The number of aromatic nitrogens is 1. The summed E-state index contributed by atoms with van der Waals surface area (Å²) in [6.45, 7) is 7.18. The Labute approximate surface area is 181 Å². The Kier molecular flexibility index (Phi) is 4.60. The van der Waals surface area contributed by atoms with E-state index in [0.717, 1.165) is 0 Å². The van der Waals surface area contributed by atoms with Crippen LogP contribution in [0.5, 0.6) is 0 Å². The fraction of sp³-hybridized carbons (Fsp3) is 0.421. The number of β-lactam (4-membered cyclic amide) rings is 1. The molecule has 7 nitrogen and oxygen atoms in total. The average Bonchev–Trinajstić information content (AvgIpc) is 3.11. The summed E-state index contributed by atoms with van der Waals surface area (Å²) in [4.78, 5) is 26.3. The molecule has 2 aliphatic heterocycles. The summed E-state index contributed by atoms with van der Waals surface area (Å²) in [6.07, 6.45) is 0. The Morgan fingerprint density at radius 3 is 2.66 bits per heavy atom. The Hall–Kier alpha value is -1.90. The maximum atomic E-state index is 13.1. The van der Waals surface area contributed by atoms with E-state index >= 15 is 0 Å². The van der Waals surface area contributed by atoms with Crippen LogP contribution in [0.4, 0.5) is 5.69 Å². The highest BCUT2D eigenvalue weighted by Gasteiger charge is 2.69. The number of rotatable bonds is 4. The minimum atomic E-state index is -1.00. The van der Waals surface area contributed by atoms with Crippen LogP contribution in [0, 0.1) is 6.92 Å². The molecular weight excluding hydrogens is 437 g/mol. The van der Waals surface area contributed by atoms with Gasteiger partial charge in [-0.05, 0) is 45.9 Å². The number of fused-ring (bicyclic) bond motifs is 1. The van der Waals surface area contributed by atoms with Gasteiger partial charge >= 0.3 is 5.97 Å². The number of aliphatic carboxylic acids is 1. The molecule has 2 aliphatic rings. The highest BCUT2D eigenvalue weighted by molar-refractivity contribution is 8.01. The Morgan fingerprint density at radius 1 is 1.34 bits per heavy atom. The summed E-state index contributed by atoms with van der Waals surface area (Å²) in [7, 11) is 0. The number of hydrogen-bond acceptors (Lipinski definition) is 6. The van der Waals surface area contributed by atoms with Gasteiger partial charge in [-0.1, -0.05) is 28.4 Å². The van der Waals surface area contributed by atoms with Crippen LogP contribution < -0.4 is 5.32 Å². The summed E-state index contributed by atoms with van der Waals surface area (Å²) < 4.78 is 4.75. The van der Waals surface area contributed by atoms with Crippen LogP contribution in [0.25, 0.3) is 11.3 Å². The number of thioether (sulfide) groups is 1. The molecule has 2 saturated heterocycles. The van der Waals surface area contributed by atoms with Crippen molar-refractivity contribution in [1.29, 1.82) is 0 Å². The lowest BCUT2D eigenvalue weighted by Crippen LogP contribution is -2.75. The highest BCUT2D eigenvalue weighted by atomic mass is 35.5. The van der Waals surface area contributed by atoms with Crippen molar-refractivity contribution in [1.82, 2.24) is 10.1 Å². The lowest BCUT2D eigenvalue weighted by Gasteiger charge is -2.51. The van der Waals surface area contributed by atoms with Crippen molar-refractivity contribution >= 4 is 52.5 Å². The number of benzene rings is 1. The Morgan fingerprint density at radius 2 is 2.03 bits per heavy atom. The van der Waals surface area contributed by atoms with Gasteiger partial charge in [0, 0.05) is 15.3 Å². The summed E-state index contributed by atoms with van der Waals surface area (Å²) in [5.41, 5.74) is 0.622. The minimum absolute atomic E-state index is 0.276. The fourth-order valence-electron chi connectivity index (χ4n) is 3.98. The molecular formula is C19H19Cl2N3O4S. The first-order valence-corrected chi connectivity index (χ1v) is 10.5. The summed E-state index contributed by atoms with van der Waals surface area (Å²) >= 11 is 13.8. The molecule has 0 aliphatic carbocycles. The van der Waals surface area contributed by atoms with E-state index in [-0.39, 0.29) is 11.3 Å². The van der Waals surface area contributed by atoms with Crippen molar-refractivity contribution in [2.45, 2.75) is 49.4 Å². The number of hydrogen-bond donors (Lipinski definition) is 2. The zero-order valence-corrected chi connectivity index (χ0v) is 18.4. The summed E-state index contributed by atoms with van der Waals surface area (Å²) in [5.74, 6) is -0.785. The van der Waals surface area contributed by atoms with Crippen molar-refractivity contribution in [2.75, 3.05) is 5.32 Å². The van der Waals surface area contributed by atoms with Gasteiger partial charge in [0.1, 0.15) is 28.3 Å². The molecule has 10 heteroatoms. The van der Waals surface area contributed by atoms with Gasteiger partial charge < -0.3 is 19.8 Å². The Balaban J connectivity index is 1.70. The van der Waals surface area contributed by atoms with E-state index in [1.165, 1.54) is 16.7 Å². The number of halogens is 2. The van der Waals surface area contributed by atoms with E-state index in [1.807, 2.05) is 13.8 Å². The van der Waals surface area contributed by atoms with Gasteiger partial charge in [-0.2, -0.15) is 0 Å². The number of aryl methyl sites for hydroxylation is 1.